The van der Waals surface area contributed by atoms with Crippen molar-refractivity contribution in [1.82, 2.24) is 9.80 Å². The summed E-state index contributed by atoms with van der Waals surface area (Å²) in [5.74, 6) is 0.972. The van der Waals surface area contributed by atoms with E-state index in [1.807, 2.05) is 60.5 Å². The molecule has 5 nitrogen and oxygen atoms in total. The number of hydrogen-bond donors (Lipinski definition) is 1. The lowest BCUT2D eigenvalue weighted by atomic mass is 10.0. The highest BCUT2D eigenvalue weighted by Gasteiger charge is 2.24. The van der Waals surface area contributed by atoms with Gasteiger partial charge in [0, 0.05) is 18.2 Å². The number of ether oxygens (including phenoxy) is 1. The summed E-state index contributed by atoms with van der Waals surface area (Å²) in [6, 6.07) is 18.3. The quantitative estimate of drug-likeness (QED) is 0.777. The number of halogens is 1. The fourth-order valence-electron chi connectivity index (χ4n) is 3.45. The maximum Gasteiger partial charge on any atom is 0.317 e. The number of likely N-dealkylation sites (tertiary alicyclic amines) is 1. The monoisotopic (exact) mass is 390 g/mol. The Morgan fingerprint density at radius 3 is 2.41 bits per heavy atom. The number of piperidine rings is 1. The first kappa shape index (κ1) is 21.2. The predicted molar refractivity (Wildman–Crippen MR) is 109 cm³/mol. The van der Waals surface area contributed by atoms with E-state index in [0.29, 0.717) is 6.04 Å². The first-order valence-electron chi connectivity index (χ1n) is 9.07. The molecule has 0 bridgehead atoms. The van der Waals surface area contributed by atoms with Crippen molar-refractivity contribution in [3.8, 4) is 11.5 Å². The minimum atomic E-state index is -0.762. The van der Waals surface area contributed by atoms with Crippen molar-refractivity contribution < 1.29 is 14.6 Å². The van der Waals surface area contributed by atoms with Gasteiger partial charge in [0.15, 0.2) is 0 Å². The Kier molecular flexibility index (Phi) is 8.10. The molecule has 0 amide bonds. The average molecular weight is 391 g/mol. The summed E-state index contributed by atoms with van der Waals surface area (Å²) >= 11 is 0. The number of carbonyl (C=O) groups is 1. The van der Waals surface area contributed by atoms with E-state index in [-0.39, 0.29) is 19.0 Å². The van der Waals surface area contributed by atoms with Gasteiger partial charge in [0.05, 0.1) is 6.54 Å². The molecule has 1 aliphatic rings. The second kappa shape index (κ2) is 10.3. The topological polar surface area (TPSA) is 53.0 Å². The zero-order chi connectivity index (χ0) is 18.4. The van der Waals surface area contributed by atoms with Gasteiger partial charge in [-0.1, -0.05) is 36.4 Å². The maximum absolute atomic E-state index is 10.9. The highest BCUT2D eigenvalue weighted by atomic mass is 35.5. The molecule has 0 aliphatic carbocycles. The Morgan fingerprint density at radius 1 is 1.11 bits per heavy atom. The van der Waals surface area contributed by atoms with Crippen LogP contribution < -0.4 is 4.74 Å². The van der Waals surface area contributed by atoms with Crippen molar-refractivity contribution in [2.75, 3.05) is 26.7 Å². The molecule has 0 spiro atoms. The molecule has 3 rings (SSSR count). The molecule has 1 fully saturated rings. The molecule has 1 saturated heterocycles. The first-order valence-corrected chi connectivity index (χ1v) is 9.07. The summed E-state index contributed by atoms with van der Waals surface area (Å²) in [7, 11) is 1.90. The second-order valence-corrected chi connectivity index (χ2v) is 6.84. The Morgan fingerprint density at radius 2 is 1.74 bits per heavy atom. The van der Waals surface area contributed by atoms with Crippen LogP contribution in [0.2, 0.25) is 0 Å². The normalized spacial score (nSPS) is 15.3. The van der Waals surface area contributed by atoms with Crippen LogP contribution in [-0.4, -0.2) is 53.6 Å². The van der Waals surface area contributed by atoms with Gasteiger partial charge in [-0.25, -0.2) is 0 Å². The first-order chi connectivity index (χ1) is 12.6. The average Bonchev–Trinajstić information content (AvgIpc) is 2.64. The van der Waals surface area contributed by atoms with E-state index in [0.717, 1.165) is 44.0 Å². The number of carboxylic acids is 1. The molecule has 0 unspecified atom stereocenters. The van der Waals surface area contributed by atoms with Gasteiger partial charge in [-0.2, -0.15) is 0 Å². The molecular weight excluding hydrogens is 364 g/mol. The SMILES string of the molecule is CN(CC(=O)O)C1CCN(Cc2ccccc2Oc2ccccc2)CC1.Cl. The minimum absolute atomic E-state index is 0. The summed E-state index contributed by atoms with van der Waals surface area (Å²) < 4.78 is 6.05. The van der Waals surface area contributed by atoms with Crippen LogP contribution >= 0.6 is 12.4 Å². The van der Waals surface area contributed by atoms with E-state index in [9.17, 15) is 4.79 Å². The molecule has 0 radical (unpaired) electrons. The van der Waals surface area contributed by atoms with Crippen molar-refractivity contribution in [3.05, 3.63) is 60.2 Å². The predicted octanol–water partition coefficient (Wildman–Crippen LogP) is 3.88. The van der Waals surface area contributed by atoms with Crippen LogP contribution in [0.1, 0.15) is 18.4 Å². The van der Waals surface area contributed by atoms with E-state index >= 15 is 0 Å². The van der Waals surface area contributed by atoms with Crippen LogP contribution in [0.5, 0.6) is 11.5 Å². The van der Waals surface area contributed by atoms with Crippen LogP contribution in [0.3, 0.4) is 0 Å². The van der Waals surface area contributed by atoms with Crippen molar-refractivity contribution in [2.45, 2.75) is 25.4 Å². The summed E-state index contributed by atoms with van der Waals surface area (Å²) in [6.45, 7) is 2.89. The molecule has 0 saturated carbocycles. The zero-order valence-corrected chi connectivity index (χ0v) is 16.4. The van der Waals surface area contributed by atoms with Crippen LogP contribution in [0.4, 0.5) is 0 Å². The number of hydrogen-bond acceptors (Lipinski definition) is 4. The molecule has 1 aliphatic heterocycles. The van der Waals surface area contributed by atoms with Gasteiger partial charge in [-0.15, -0.1) is 12.4 Å². The van der Waals surface area contributed by atoms with Gasteiger partial charge in [-0.05, 0) is 51.2 Å². The highest BCUT2D eigenvalue weighted by molar-refractivity contribution is 5.85. The lowest BCUT2D eigenvalue weighted by molar-refractivity contribution is -0.138. The molecule has 27 heavy (non-hydrogen) atoms. The fourth-order valence-corrected chi connectivity index (χ4v) is 3.45. The van der Waals surface area contributed by atoms with Crippen molar-refractivity contribution in [3.63, 3.8) is 0 Å². The molecule has 0 aromatic heterocycles. The summed E-state index contributed by atoms with van der Waals surface area (Å²) in [5.41, 5.74) is 1.17. The fraction of sp³-hybridized carbons (Fsp3) is 0.381. The molecule has 1 N–H and O–H groups in total. The maximum atomic E-state index is 10.9. The van der Waals surface area contributed by atoms with Gasteiger partial charge >= 0.3 is 5.97 Å². The Bertz CT molecular complexity index is 718. The second-order valence-electron chi connectivity index (χ2n) is 6.84. The number of carboxylic acid groups (broad SMARTS) is 1. The third-order valence-corrected chi connectivity index (χ3v) is 4.90. The lowest BCUT2D eigenvalue weighted by Crippen LogP contribution is -2.44. The molecular formula is C21H27ClN2O3. The van der Waals surface area contributed by atoms with Crippen LogP contribution in [0.25, 0.3) is 0 Å². The molecule has 2 aromatic rings. The van der Waals surface area contributed by atoms with E-state index in [2.05, 4.69) is 11.0 Å². The van der Waals surface area contributed by atoms with Crippen molar-refractivity contribution >= 4 is 18.4 Å². The number of benzene rings is 2. The lowest BCUT2D eigenvalue weighted by Gasteiger charge is -2.36. The summed E-state index contributed by atoms with van der Waals surface area (Å²) in [5, 5.41) is 8.95. The van der Waals surface area contributed by atoms with Crippen LogP contribution in [0.15, 0.2) is 54.6 Å². The van der Waals surface area contributed by atoms with Gasteiger partial charge in [0.1, 0.15) is 11.5 Å². The van der Waals surface area contributed by atoms with Gasteiger partial charge < -0.3 is 9.84 Å². The zero-order valence-electron chi connectivity index (χ0n) is 15.6. The number of nitrogens with zero attached hydrogens (tertiary/aromatic N) is 2. The third-order valence-electron chi connectivity index (χ3n) is 4.90. The number of rotatable bonds is 7. The number of para-hydroxylation sites is 2. The van der Waals surface area contributed by atoms with Crippen molar-refractivity contribution in [2.24, 2.45) is 0 Å². The number of aliphatic carboxylic acids is 1. The van der Waals surface area contributed by atoms with Gasteiger partial charge in [0.25, 0.3) is 0 Å². The molecule has 0 atom stereocenters. The Balaban J connectivity index is 0.00000261. The summed E-state index contributed by atoms with van der Waals surface area (Å²) in [6.07, 6.45) is 1.98. The van der Waals surface area contributed by atoms with E-state index < -0.39 is 5.97 Å². The molecule has 1 heterocycles. The molecule has 146 valence electrons. The van der Waals surface area contributed by atoms with E-state index in [4.69, 9.17) is 9.84 Å². The number of likely N-dealkylation sites (N-methyl/N-ethyl adjacent to an activating group) is 1. The van der Waals surface area contributed by atoms with Crippen LogP contribution in [0, 0.1) is 0 Å². The summed E-state index contributed by atoms with van der Waals surface area (Å²) in [4.78, 5) is 15.2. The van der Waals surface area contributed by atoms with Crippen LogP contribution in [-0.2, 0) is 11.3 Å². The molecule has 6 heteroatoms. The van der Waals surface area contributed by atoms with Gasteiger partial charge in [0.2, 0.25) is 0 Å². The third kappa shape index (κ3) is 6.24. The highest BCUT2D eigenvalue weighted by Crippen LogP contribution is 2.27. The minimum Gasteiger partial charge on any atom is -0.480 e. The largest absolute Gasteiger partial charge is 0.480 e. The standard InChI is InChI=1S/C21H26N2O3.ClH/c1-22(16-21(24)25)18-11-13-23(14-12-18)15-17-7-5-6-10-20(17)26-19-8-3-2-4-9-19;/h2-10,18H,11-16H2,1H3,(H,24,25);1H. The Labute approximate surface area is 167 Å². The van der Waals surface area contributed by atoms with E-state index in [1.165, 1.54) is 5.56 Å². The smallest absolute Gasteiger partial charge is 0.317 e. The van der Waals surface area contributed by atoms with Gasteiger partial charge in [-0.3, -0.25) is 14.6 Å². The Hall–Kier alpha value is -2.08. The molecule has 2 aromatic carbocycles. The van der Waals surface area contributed by atoms with Crippen molar-refractivity contribution in [1.29, 1.82) is 0 Å². The van der Waals surface area contributed by atoms with E-state index in [1.54, 1.807) is 0 Å².